The molecule has 2 N–H and O–H groups in total. The summed E-state index contributed by atoms with van der Waals surface area (Å²) in [7, 11) is 0. The average Bonchev–Trinajstić information content (AvgIpc) is 2.04. The topological polar surface area (TPSA) is 26.0 Å². The second kappa shape index (κ2) is 4.25. The van der Waals surface area contributed by atoms with Crippen molar-refractivity contribution in [1.82, 2.24) is 0 Å². The van der Waals surface area contributed by atoms with Crippen LogP contribution in [-0.4, -0.2) is 5.51 Å². The van der Waals surface area contributed by atoms with Crippen molar-refractivity contribution in [3.05, 3.63) is 29.6 Å². The zero-order valence-corrected chi connectivity index (χ0v) is 9.55. The van der Waals surface area contributed by atoms with E-state index in [1.165, 1.54) is 6.07 Å². The summed E-state index contributed by atoms with van der Waals surface area (Å²) in [5.74, 6) is -0.904. The first-order valence-corrected chi connectivity index (χ1v) is 5.26. The van der Waals surface area contributed by atoms with Crippen LogP contribution >= 0.6 is 11.8 Å². The fourth-order valence-corrected chi connectivity index (χ4v) is 1.65. The van der Waals surface area contributed by atoms with Gasteiger partial charge in [-0.15, -0.1) is 0 Å². The summed E-state index contributed by atoms with van der Waals surface area (Å²) >= 11 is -0.469. The maximum absolute atomic E-state index is 13.3. The number of benzene rings is 1. The number of rotatable bonds is 2. The molecule has 0 aromatic heterocycles. The van der Waals surface area contributed by atoms with Crippen molar-refractivity contribution in [2.75, 3.05) is 0 Å². The highest BCUT2D eigenvalue weighted by Crippen LogP contribution is 2.38. The Morgan fingerprint density at radius 1 is 1.19 bits per heavy atom. The molecular weight excluding hydrogens is 242 g/mol. The van der Waals surface area contributed by atoms with Crippen LogP contribution in [-0.2, 0) is 5.54 Å². The van der Waals surface area contributed by atoms with E-state index in [0.717, 1.165) is 12.1 Å². The van der Waals surface area contributed by atoms with Crippen molar-refractivity contribution in [1.29, 1.82) is 0 Å². The molecule has 0 amide bonds. The molecule has 1 aromatic carbocycles. The molecule has 1 rings (SSSR count). The van der Waals surface area contributed by atoms with Gasteiger partial charge in [0.15, 0.2) is 0 Å². The van der Waals surface area contributed by atoms with Crippen molar-refractivity contribution in [2.45, 2.75) is 29.8 Å². The summed E-state index contributed by atoms with van der Waals surface area (Å²) < 4.78 is 49.4. The van der Waals surface area contributed by atoms with Crippen LogP contribution in [0.1, 0.15) is 19.4 Å². The molecule has 0 unspecified atom stereocenters. The van der Waals surface area contributed by atoms with Gasteiger partial charge in [-0.2, -0.15) is 13.2 Å². The van der Waals surface area contributed by atoms with E-state index in [-0.39, 0.29) is 0 Å². The molecule has 0 aliphatic carbocycles. The highest BCUT2D eigenvalue weighted by Gasteiger charge is 2.31. The molecule has 0 saturated heterocycles. The van der Waals surface area contributed by atoms with Gasteiger partial charge in [-0.05, 0) is 43.3 Å². The van der Waals surface area contributed by atoms with E-state index in [9.17, 15) is 17.6 Å². The first-order chi connectivity index (χ1) is 7.09. The lowest BCUT2D eigenvalue weighted by Gasteiger charge is -2.19. The second-order valence-electron chi connectivity index (χ2n) is 3.91. The molecule has 0 aliphatic rings. The molecule has 16 heavy (non-hydrogen) atoms. The summed E-state index contributed by atoms with van der Waals surface area (Å²) in [5.41, 5.74) is 0.901. The molecule has 6 heteroatoms. The number of alkyl halides is 3. The maximum Gasteiger partial charge on any atom is 0.446 e. The van der Waals surface area contributed by atoms with Crippen LogP contribution < -0.4 is 5.73 Å². The lowest BCUT2D eigenvalue weighted by Crippen LogP contribution is -2.28. The first-order valence-electron chi connectivity index (χ1n) is 4.44. The lowest BCUT2D eigenvalue weighted by atomic mass is 9.96. The zero-order chi connectivity index (χ0) is 12.6. The highest BCUT2D eigenvalue weighted by atomic mass is 32.2. The quantitative estimate of drug-likeness (QED) is 0.643. The smallest absolute Gasteiger partial charge is 0.322 e. The number of hydrogen-bond acceptors (Lipinski definition) is 2. The molecule has 0 bridgehead atoms. The van der Waals surface area contributed by atoms with E-state index in [1.54, 1.807) is 13.8 Å². The van der Waals surface area contributed by atoms with Gasteiger partial charge < -0.3 is 5.73 Å². The normalized spacial score (nSPS) is 12.9. The van der Waals surface area contributed by atoms with E-state index in [1.807, 2.05) is 0 Å². The van der Waals surface area contributed by atoms with Crippen LogP contribution in [0.2, 0.25) is 0 Å². The molecule has 0 atom stereocenters. The second-order valence-corrected chi connectivity index (χ2v) is 5.02. The van der Waals surface area contributed by atoms with Gasteiger partial charge in [-0.3, -0.25) is 0 Å². The summed E-state index contributed by atoms with van der Waals surface area (Å²) in [5, 5.41) is 0. The van der Waals surface area contributed by atoms with Crippen molar-refractivity contribution < 1.29 is 17.6 Å². The van der Waals surface area contributed by atoms with Crippen LogP contribution in [0.3, 0.4) is 0 Å². The fraction of sp³-hybridized carbons (Fsp3) is 0.400. The third-order valence-electron chi connectivity index (χ3n) is 1.90. The Labute approximate surface area is 95.0 Å². The van der Waals surface area contributed by atoms with E-state index in [4.69, 9.17) is 5.73 Å². The number of thioether (sulfide) groups is 1. The lowest BCUT2D eigenvalue weighted by molar-refractivity contribution is -0.0329. The Kier molecular flexibility index (Phi) is 3.54. The molecule has 1 aromatic rings. The highest BCUT2D eigenvalue weighted by molar-refractivity contribution is 8.00. The van der Waals surface area contributed by atoms with Gasteiger partial charge in [-0.25, -0.2) is 4.39 Å². The molecule has 90 valence electrons. The number of hydrogen-bond donors (Lipinski definition) is 1. The predicted octanol–water partition coefficient (Wildman–Crippen LogP) is 3.63. The molecule has 0 saturated carbocycles. The molecule has 1 nitrogen and oxygen atoms in total. The standard InChI is InChI=1S/C10H11F4NS/c1-9(2,15)6-3-4-8(7(11)5-6)16-10(12,13)14/h3-5H,15H2,1-2H3. The minimum atomic E-state index is -4.49. The minimum absolute atomic E-state index is 0.444. The number of halogens is 4. The Morgan fingerprint density at radius 2 is 1.75 bits per heavy atom. The average molecular weight is 253 g/mol. The third kappa shape index (κ3) is 3.68. The summed E-state index contributed by atoms with van der Waals surface area (Å²) in [4.78, 5) is -0.444. The Morgan fingerprint density at radius 3 is 2.12 bits per heavy atom. The van der Waals surface area contributed by atoms with Crippen molar-refractivity contribution in [3.8, 4) is 0 Å². The predicted molar refractivity (Wildman–Crippen MR) is 55.5 cm³/mol. The van der Waals surface area contributed by atoms with Gasteiger partial charge in [0.25, 0.3) is 0 Å². The van der Waals surface area contributed by atoms with E-state index < -0.39 is 33.5 Å². The van der Waals surface area contributed by atoms with Crippen LogP contribution in [0, 0.1) is 5.82 Å². The van der Waals surface area contributed by atoms with Crippen molar-refractivity contribution >= 4 is 11.8 Å². The molecule has 0 aliphatic heterocycles. The van der Waals surface area contributed by atoms with Crippen molar-refractivity contribution in [2.24, 2.45) is 5.73 Å². The van der Waals surface area contributed by atoms with Crippen LogP contribution in [0.15, 0.2) is 23.1 Å². The van der Waals surface area contributed by atoms with Crippen LogP contribution in [0.25, 0.3) is 0 Å². The van der Waals surface area contributed by atoms with Gasteiger partial charge in [-0.1, -0.05) is 6.07 Å². The van der Waals surface area contributed by atoms with Gasteiger partial charge in [0.1, 0.15) is 5.82 Å². The SMILES string of the molecule is CC(C)(N)c1ccc(SC(F)(F)F)c(F)c1. The molecular formula is C10H11F4NS. The fourth-order valence-electron chi connectivity index (χ4n) is 1.11. The number of nitrogens with two attached hydrogens (primary N) is 1. The summed E-state index contributed by atoms with van der Waals surface area (Å²) in [6, 6.07) is 3.53. The van der Waals surface area contributed by atoms with Gasteiger partial charge in [0.2, 0.25) is 0 Å². The Bertz CT molecular complexity index is 381. The van der Waals surface area contributed by atoms with Crippen LogP contribution in [0.5, 0.6) is 0 Å². The molecule has 0 radical (unpaired) electrons. The van der Waals surface area contributed by atoms with Gasteiger partial charge in [0, 0.05) is 5.54 Å². The third-order valence-corrected chi connectivity index (χ3v) is 2.68. The molecule has 0 spiro atoms. The van der Waals surface area contributed by atoms with E-state index in [0.29, 0.717) is 5.56 Å². The summed E-state index contributed by atoms with van der Waals surface area (Å²) in [6.45, 7) is 3.30. The summed E-state index contributed by atoms with van der Waals surface area (Å²) in [6.07, 6.45) is 0. The maximum atomic E-state index is 13.3. The Hall–Kier alpha value is -0.750. The van der Waals surface area contributed by atoms with Gasteiger partial charge >= 0.3 is 5.51 Å². The van der Waals surface area contributed by atoms with Gasteiger partial charge in [0.05, 0.1) is 4.90 Å². The molecule has 0 fully saturated rings. The van der Waals surface area contributed by atoms with E-state index >= 15 is 0 Å². The minimum Gasteiger partial charge on any atom is -0.322 e. The largest absolute Gasteiger partial charge is 0.446 e. The zero-order valence-electron chi connectivity index (χ0n) is 8.73. The van der Waals surface area contributed by atoms with Crippen LogP contribution in [0.4, 0.5) is 17.6 Å². The van der Waals surface area contributed by atoms with E-state index in [2.05, 4.69) is 0 Å². The first kappa shape index (κ1) is 13.3. The molecule has 0 heterocycles. The van der Waals surface area contributed by atoms with Crippen molar-refractivity contribution in [3.63, 3.8) is 0 Å². The Balaban J connectivity index is 3.01. The monoisotopic (exact) mass is 253 g/mol.